The van der Waals surface area contributed by atoms with Gasteiger partial charge in [-0.2, -0.15) is 0 Å². The van der Waals surface area contributed by atoms with Crippen molar-refractivity contribution in [2.45, 2.75) is 32.7 Å². The van der Waals surface area contributed by atoms with Crippen LogP contribution in [0, 0.1) is 13.8 Å². The van der Waals surface area contributed by atoms with Gasteiger partial charge >= 0.3 is 6.03 Å². The molecule has 2 heterocycles. The average Bonchev–Trinajstić information content (AvgIpc) is 2.57. The number of rotatable bonds is 2. The Morgan fingerprint density at radius 2 is 1.88 bits per heavy atom. The molecule has 0 bridgehead atoms. The number of para-hydroxylation sites is 1. The van der Waals surface area contributed by atoms with Crippen molar-refractivity contribution < 1.29 is 4.79 Å². The van der Waals surface area contributed by atoms with Gasteiger partial charge in [0.15, 0.2) is 0 Å². The fourth-order valence-corrected chi connectivity index (χ4v) is 3.78. The number of carbonyl (C=O) groups is 1. The van der Waals surface area contributed by atoms with E-state index in [1.807, 2.05) is 17.0 Å². The lowest BCUT2D eigenvalue weighted by Crippen LogP contribution is -2.62. The lowest BCUT2D eigenvalue weighted by molar-refractivity contribution is 0.160. The SMILES string of the molecule is Cc1ccc(NC(=O)N2CC(N3CCCc4ccccc43)C2)cc1C. The van der Waals surface area contributed by atoms with Gasteiger partial charge in [-0.25, -0.2) is 4.79 Å². The van der Waals surface area contributed by atoms with Crippen molar-refractivity contribution in [1.82, 2.24) is 4.90 Å². The van der Waals surface area contributed by atoms with Gasteiger partial charge in [-0.3, -0.25) is 0 Å². The summed E-state index contributed by atoms with van der Waals surface area (Å²) < 4.78 is 0. The van der Waals surface area contributed by atoms with Crippen LogP contribution in [-0.4, -0.2) is 36.6 Å². The van der Waals surface area contributed by atoms with E-state index in [2.05, 4.69) is 54.4 Å². The zero-order chi connectivity index (χ0) is 17.4. The molecular formula is C21H25N3O. The van der Waals surface area contributed by atoms with E-state index in [1.165, 1.54) is 28.8 Å². The lowest BCUT2D eigenvalue weighted by atomic mass is 9.97. The monoisotopic (exact) mass is 335 g/mol. The number of fused-ring (bicyclic) bond motifs is 1. The number of hydrogen-bond donors (Lipinski definition) is 1. The van der Waals surface area contributed by atoms with Gasteiger partial charge in [-0.15, -0.1) is 0 Å². The van der Waals surface area contributed by atoms with E-state index in [4.69, 9.17) is 0 Å². The molecule has 4 heteroatoms. The molecule has 1 N–H and O–H groups in total. The molecule has 2 aliphatic rings. The Kier molecular flexibility index (Phi) is 4.12. The molecule has 2 aromatic carbocycles. The number of anilines is 2. The van der Waals surface area contributed by atoms with Crippen molar-refractivity contribution >= 4 is 17.4 Å². The van der Waals surface area contributed by atoms with Gasteiger partial charge in [-0.05, 0) is 61.6 Å². The number of aryl methyl sites for hydroxylation is 3. The van der Waals surface area contributed by atoms with Gasteiger partial charge in [0.05, 0.1) is 6.04 Å². The number of carbonyl (C=O) groups excluding carboxylic acids is 1. The first-order chi connectivity index (χ1) is 12.1. The molecular weight excluding hydrogens is 310 g/mol. The van der Waals surface area contributed by atoms with E-state index in [1.54, 1.807) is 0 Å². The second-order valence-electron chi connectivity index (χ2n) is 7.21. The van der Waals surface area contributed by atoms with E-state index in [9.17, 15) is 4.79 Å². The molecule has 130 valence electrons. The molecule has 4 rings (SSSR count). The normalized spacial score (nSPS) is 17.0. The van der Waals surface area contributed by atoms with E-state index in [-0.39, 0.29) is 6.03 Å². The summed E-state index contributed by atoms with van der Waals surface area (Å²) in [5, 5.41) is 3.02. The number of amides is 2. The van der Waals surface area contributed by atoms with Crippen LogP contribution in [0.15, 0.2) is 42.5 Å². The Labute approximate surface area is 149 Å². The Bertz CT molecular complexity index is 795. The van der Waals surface area contributed by atoms with Crippen LogP contribution in [0.5, 0.6) is 0 Å². The molecule has 0 unspecified atom stereocenters. The fraction of sp³-hybridized carbons (Fsp3) is 0.381. The quantitative estimate of drug-likeness (QED) is 0.901. The smallest absolute Gasteiger partial charge is 0.321 e. The number of nitrogens with one attached hydrogen (secondary N) is 1. The summed E-state index contributed by atoms with van der Waals surface area (Å²) in [6.45, 7) is 6.83. The molecule has 2 aliphatic heterocycles. The Morgan fingerprint density at radius 1 is 1.08 bits per heavy atom. The summed E-state index contributed by atoms with van der Waals surface area (Å²) in [6.07, 6.45) is 2.36. The van der Waals surface area contributed by atoms with Crippen molar-refractivity contribution in [3.8, 4) is 0 Å². The van der Waals surface area contributed by atoms with Crippen LogP contribution in [0.1, 0.15) is 23.1 Å². The highest BCUT2D eigenvalue weighted by atomic mass is 16.2. The van der Waals surface area contributed by atoms with Crippen LogP contribution < -0.4 is 10.2 Å². The summed E-state index contributed by atoms with van der Waals surface area (Å²) in [4.78, 5) is 16.8. The van der Waals surface area contributed by atoms with Gasteiger partial charge < -0.3 is 15.1 Å². The van der Waals surface area contributed by atoms with Gasteiger partial charge in [0.25, 0.3) is 0 Å². The lowest BCUT2D eigenvalue weighted by Gasteiger charge is -2.48. The maximum Gasteiger partial charge on any atom is 0.321 e. The minimum atomic E-state index is 0.00444. The fourth-order valence-electron chi connectivity index (χ4n) is 3.78. The zero-order valence-corrected chi connectivity index (χ0v) is 15.0. The second-order valence-corrected chi connectivity index (χ2v) is 7.21. The minimum Gasteiger partial charge on any atom is -0.365 e. The first-order valence-electron chi connectivity index (χ1n) is 9.09. The van der Waals surface area contributed by atoms with Gasteiger partial charge in [0.2, 0.25) is 0 Å². The third kappa shape index (κ3) is 3.09. The van der Waals surface area contributed by atoms with Crippen molar-refractivity contribution in [3.63, 3.8) is 0 Å². The van der Waals surface area contributed by atoms with E-state index in [0.29, 0.717) is 6.04 Å². The van der Waals surface area contributed by atoms with Gasteiger partial charge in [0, 0.05) is 31.0 Å². The number of likely N-dealkylation sites (tertiary alicyclic amines) is 1. The summed E-state index contributed by atoms with van der Waals surface area (Å²) in [6, 6.07) is 15.2. The van der Waals surface area contributed by atoms with Crippen LogP contribution in [0.3, 0.4) is 0 Å². The highest BCUT2D eigenvalue weighted by molar-refractivity contribution is 5.90. The molecule has 2 amide bonds. The van der Waals surface area contributed by atoms with Gasteiger partial charge in [0.1, 0.15) is 0 Å². The number of nitrogens with zero attached hydrogens (tertiary/aromatic N) is 2. The number of urea groups is 1. The summed E-state index contributed by atoms with van der Waals surface area (Å²) in [5.41, 5.74) is 6.11. The molecule has 0 aliphatic carbocycles. The van der Waals surface area contributed by atoms with Crippen molar-refractivity contribution in [1.29, 1.82) is 0 Å². The summed E-state index contributed by atoms with van der Waals surface area (Å²) in [7, 11) is 0. The highest BCUT2D eigenvalue weighted by Crippen LogP contribution is 2.31. The van der Waals surface area contributed by atoms with E-state index in [0.717, 1.165) is 31.7 Å². The molecule has 0 aromatic heterocycles. The van der Waals surface area contributed by atoms with Crippen LogP contribution in [0.25, 0.3) is 0 Å². The molecule has 0 saturated carbocycles. The van der Waals surface area contributed by atoms with Crippen molar-refractivity contribution in [2.24, 2.45) is 0 Å². The van der Waals surface area contributed by atoms with E-state index >= 15 is 0 Å². The first-order valence-corrected chi connectivity index (χ1v) is 9.09. The van der Waals surface area contributed by atoms with Crippen LogP contribution in [-0.2, 0) is 6.42 Å². The molecule has 0 spiro atoms. The molecule has 0 atom stereocenters. The highest BCUT2D eigenvalue weighted by Gasteiger charge is 2.36. The predicted molar refractivity (Wildman–Crippen MR) is 102 cm³/mol. The topological polar surface area (TPSA) is 35.6 Å². The Hall–Kier alpha value is -2.49. The van der Waals surface area contributed by atoms with Crippen LogP contribution in [0.2, 0.25) is 0 Å². The average molecular weight is 335 g/mol. The largest absolute Gasteiger partial charge is 0.365 e. The molecule has 1 saturated heterocycles. The molecule has 4 nitrogen and oxygen atoms in total. The minimum absolute atomic E-state index is 0.00444. The van der Waals surface area contributed by atoms with Crippen LogP contribution in [0.4, 0.5) is 16.2 Å². The third-order valence-corrected chi connectivity index (χ3v) is 5.49. The molecule has 25 heavy (non-hydrogen) atoms. The van der Waals surface area contributed by atoms with Gasteiger partial charge in [-0.1, -0.05) is 24.3 Å². The number of benzene rings is 2. The summed E-state index contributed by atoms with van der Waals surface area (Å²) in [5.74, 6) is 0. The second kappa shape index (κ2) is 6.43. The maximum absolute atomic E-state index is 12.5. The molecule has 1 fully saturated rings. The zero-order valence-electron chi connectivity index (χ0n) is 15.0. The maximum atomic E-state index is 12.5. The Balaban J connectivity index is 1.37. The van der Waals surface area contributed by atoms with Crippen molar-refractivity contribution in [3.05, 3.63) is 59.2 Å². The molecule has 2 aromatic rings. The first kappa shape index (κ1) is 16.0. The van der Waals surface area contributed by atoms with E-state index < -0.39 is 0 Å². The van der Waals surface area contributed by atoms with Crippen molar-refractivity contribution in [2.75, 3.05) is 29.9 Å². The molecule has 0 radical (unpaired) electrons. The predicted octanol–water partition coefficient (Wildman–Crippen LogP) is 3.97. The van der Waals surface area contributed by atoms with Crippen LogP contribution >= 0.6 is 0 Å². The standard InChI is InChI=1S/C21H25N3O/c1-15-9-10-18(12-16(15)2)22-21(25)23-13-19(14-23)24-11-5-7-17-6-3-4-8-20(17)24/h3-4,6,8-10,12,19H,5,7,11,13-14H2,1-2H3,(H,22,25). The third-order valence-electron chi connectivity index (χ3n) is 5.49. The Morgan fingerprint density at radius 3 is 2.68 bits per heavy atom. The number of hydrogen-bond acceptors (Lipinski definition) is 2. The summed E-state index contributed by atoms with van der Waals surface area (Å²) >= 11 is 0.